The Kier molecular flexibility index (Phi) is 8.21. The van der Waals surface area contributed by atoms with Crippen molar-refractivity contribution in [3.63, 3.8) is 0 Å². The van der Waals surface area contributed by atoms with E-state index in [2.05, 4.69) is 38.2 Å². The molecule has 1 rings (SSSR count). The fraction of sp³-hybridized carbons (Fsp3) is 0.667. The normalized spacial score (nSPS) is 13.8. The second-order valence-corrected chi connectivity index (χ2v) is 5.75. The molecule has 2 atom stereocenters. The molecular weight excluding hydrogens is 262 g/mol. The monoisotopic (exact) mass is 293 g/mol. The summed E-state index contributed by atoms with van der Waals surface area (Å²) in [6.07, 6.45) is 4.72. The molecule has 0 heterocycles. The Bertz CT molecular complexity index is 406. The molecule has 0 amide bonds. The van der Waals surface area contributed by atoms with E-state index in [1.807, 2.05) is 6.07 Å². The molecule has 1 aromatic rings. The molecular formula is C18H31NO2. The number of benzene rings is 1. The average Bonchev–Trinajstić information content (AvgIpc) is 2.53. The summed E-state index contributed by atoms with van der Waals surface area (Å²) in [5.74, 6) is 2.39. The third kappa shape index (κ3) is 5.96. The lowest BCUT2D eigenvalue weighted by Crippen LogP contribution is -2.31. The van der Waals surface area contributed by atoms with E-state index < -0.39 is 0 Å². The molecule has 0 aliphatic heterocycles. The molecule has 0 aromatic heterocycles. The standard InChI is InChI=1S/C18H31NO2/c1-6-14(3)12-16(7-2)19-11-10-15-8-9-17(20-4)18(13-15)21-5/h8-9,13-14,16,19H,6-7,10-12H2,1-5H3. The van der Waals surface area contributed by atoms with Crippen LogP contribution in [0, 0.1) is 5.92 Å². The largest absolute Gasteiger partial charge is 0.493 e. The maximum absolute atomic E-state index is 5.35. The highest BCUT2D eigenvalue weighted by molar-refractivity contribution is 5.42. The highest BCUT2D eigenvalue weighted by atomic mass is 16.5. The minimum atomic E-state index is 0.625. The van der Waals surface area contributed by atoms with Gasteiger partial charge in [-0.1, -0.05) is 33.3 Å². The predicted octanol–water partition coefficient (Wildman–Crippen LogP) is 4.05. The van der Waals surface area contributed by atoms with Crippen LogP contribution in [0.3, 0.4) is 0 Å². The molecule has 0 aliphatic rings. The Hall–Kier alpha value is -1.22. The van der Waals surface area contributed by atoms with Gasteiger partial charge in [0.05, 0.1) is 14.2 Å². The second kappa shape index (κ2) is 9.67. The van der Waals surface area contributed by atoms with Crippen LogP contribution >= 0.6 is 0 Å². The van der Waals surface area contributed by atoms with Crippen molar-refractivity contribution in [2.24, 2.45) is 5.92 Å². The molecule has 1 N–H and O–H groups in total. The van der Waals surface area contributed by atoms with E-state index in [4.69, 9.17) is 9.47 Å². The molecule has 1 aromatic carbocycles. The van der Waals surface area contributed by atoms with Gasteiger partial charge in [0.25, 0.3) is 0 Å². The summed E-state index contributed by atoms with van der Waals surface area (Å²) in [7, 11) is 3.35. The van der Waals surface area contributed by atoms with E-state index in [1.54, 1.807) is 14.2 Å². The molecule has 0 spiro atoms. The fourth-order valence-corrected chi connectivity index (χ4v) is 2.50. The predicted molar refractivity (Wildman–Crippen MR) is 89.4 cm³/mol. The number of methoxy groups -OCH3 is 2. The topological polar surface area (TPSA) is 30.5 Å². The third-order valence-corrected chi connectivity index (χ3v) is 4.17. The number of nitrogens with one attached hydrogen (secondary N) is 1. The molecule has 0 saturated heterocycles. The Balaban J connectivity index is 2.47. The van der Waals surface area contributed by atoms with Crippen molar-refractivity contribution >= 4 is 0 Å². The second-order valence-electron chi connectivity index (χ2n) is 5.75. The lowest BCUT2D eigenvalue weighted by atomic mass is 9.97. The van der Waals surface area contributed by atoms with Crippen LogP contribution in [0.25, 0.3) is 0 Å². The maximum atomic E-state index is 5.35. The van der Waals surface area contributed by atoms with Gasteiger partial charge in [0.2, 0.25) is 0 Å². The average molecular weight is 293 g/mol. The van der Waals surface area contributed by atoms with Gasteiger partial charge in [0.1, 0.15) is 0 Å². The van der Waals surface area contributed by atoms with Crippen molar-refractivity contribution < 1.29 is 9.47 Å². The van der Waals surface area contributed by atoms with E-state index in [0.29, 0.717) is 6.04 Å². The first-order valence-electron chi connectivity index (χ1n) is 8.08. The molecule has 0 fully saturated rings. The summed E-state index contributed by atoms with van der Waals surface area (Å²) < 4.78 is 10.6. The van der Waals surface area contributed by atoms with Crippen LogP contribution in [-0.2, 0) is 6.42 Å². The van der Waals surface area contributed by atoms with Crippen molar-refractivity contribution in [3.05, 3.63) is 23.8 Å². The van der Waals surface area contributed by atoms with Crippen LogP contribution in [0.15, 0.2) is 18.2 Å². The van der Waals surface area contributed by atoms with Gasteiger partial charge in [-0.2, -0.15) is 0 Å². The van der Waals surface area contributed by atoms with E-state index in [9.17, 15) is 0 Å². The lowest BCUT2D eigenvalue weighted by molar-refractivity contribution is 0.354. The van der Waals surface area contributed by atoms with Crippen LogP contribution < -0.4 is 14.8 Å². The molecule has 2 unspecified atom stereocenters. The quantitative estimate of drug-likeness (QED) is 0.706. The molecule has 21 heavy (non-hydrogen) atoms. The first kappa shape index (κ1) is 17.8. The van der Waals surface area contributed by atoms with E-state index >= 15 is 0 Å². The van der Waals surface area contributed by atoms with E-state index in [0.717, 1.165) is 30.4 Å². The summed E-state index contributed by atoms with van der Waals surface area (Å²) >= 11 is 0. The number of rotatable bonds is 10. The maximum Gasteiger partial charge on any atom is 0.160 e. The minimum Gasteiger partial charge on any atom is -0.493 e. The molecule has 3 nitrogen and oxygen atoms in total. The smallest absolute Gasteiger partial charge is 0.160 e. The summed E-state index contributed by atoms with van der Waals surface area (Å²) in [4.78, 5) is 0. The molecule has 0 radical (unpaired) electrons. The Morgan fingerprint density at radius 3 is 2.33 bits per heavy atom. The molecule has 0 aliphatic carbocycles. The Morgan fingerprint density at radius 1 is 1.05 bits per heavy atom. The van der Waals surface area contributed by atoms with Crippen LogP contribution in [0.2, 0.25) is 0 Å². The molecule has 0 bridgehead atoms. The van der Waals surface area contributed by atoms with Gasteiger partial charge in [-0.05, 0) is 49.4 Å². The van der Waals surface area contributed by atoms with E-state index in [1.165, 1.54) is 24.8 Å². The van der Waals surface area contributed by atoms with Gasteiger partial charge in [-0.15, -0.1) is 0 Å². The van der Waals surface area contributed by atoms with Gasteiger partial charge in [0.15, 0.2) is 11.5 Å². The van der Waals surface area contributed by atoms with Gasteiger partial charge in [-0.25, -0.2) is 0 Å². The number of hydrogen-bond donors (Lipinski definition) is 1. The third-order valence-electron chi connectivity index (χ3n) is 4.17. The fourth-order valence-electron chi connectivity index (χ4n) is 2.50. The molecule has 120 valence electrons. The number of hydrogen-bond acceptors (Lipinski definition) is 3. The summed E-state index contributed by atoms with van der Waals surface area (Å²) in [5.41, 5.74) is 1.28. The molecule has 0 saturated carbocycles. The SMILES string of the molecule is CCC(C)CC(CC)NCCc1ccc(OC)c(OC)c1. The Labute approximate surface area is 130 Å². The van der Waals surface area contributed by atoms with Crippen molar-refractivity contribution in [2.75, 3.05) is 20.8 Å². The highest BCUT2D eigenvalue weighted by Gasteiger charge is 2.10. The van der Waals surface area contributed by atoms with Gasteiger partial charge in [-0.3, -0.25) is 0 Å². The minimum absolute atomic E-state index is 0.625. The first-order valence-corrected chi connectivity index (χ1v) is 8.08. The van der Waals surface area contributed by atoms with Crippen LogP contribution in [0.1, 0.15) is 45.6 Å². The summed E-state index contributed by atoms with van der Waals surface area (Å²) in [5, 5.41) is 3.68. The zero-order chi connectivity index (χ0) is 15.7. The van der Waals surface area contributed by atoms with Crippen molar-refractivity contribution in [1.29, 1.82) is 0 Å². The van der Waals surface area contributed by atoms with Crippen LogP contribution in [-0.4, -0.2) is 26.8 Å². The first-order chi connectivity index (χ1) is 10.1. The zero-order valence-electron chi connectivity index (χ0n) is 14.2. The summed E-state index contributed by atoms with van der Waals surface area (Å²) in [6.45, 7) is 7.86. The van der Waals surface area contributed by atoms with Crippen molar-refractivity contribution in [2.45, 2.75) is 52.5 Å². The van der Waals surface area contributed by atoms with Crippen molar-refractivity contribution in [3.8, 4) is 11.5 Å². The van der Waals surface area contributed by atoms with Gasteiger partial charge >= 0.3 is 0 Å². The Morgan fingerprint density at radius 2 is 1.76 bits per heavy atom. The van der Waals surface area contributed by atoms with Crippen LogP contribution in [0.4, 0.5) is 0 Å². The van der Waals surface area contributed by atoms with Gasteiger partial charge < -0.3 is 14.8 Å². The zero-order valence-corrected chi connectivity index (χ0v) is 14.2. The lowest BCUT2D eigenvalue weighted by Gasteiger charge is -2.20. The highest BCUT2D eigenvalue weighted by Crippen LogP contribution is 2.27. The van der Waals surface area contributed by atoms with E-state index in [-0.39, 0.29) is 0 Å². The number of ether oxygens (including phenoxy) is 2. The van der Waals surface area contributed by atoms with Gasteiger partial charge in [0, 0.05) is 6.04 Å². The molecule has 3 heteroatoms. The van der Waals surface area contributed by atoms with Crippen molar-refractivity contribution in [1.82, 2.24) is 5.32 Å². The summed E-state index contributed by atoms with van der Waals surface area (Å²) in [6, 6.07) is 6.78. The van der Waals surface area contributed by atoms with Crippen LogP contribution in [0.5, 0.6) is 11.5 Å².